The molecule has 0 atom stereocenters. The number of aryl methyl sites for hydroxylation is 2. The van der Waals surface area contributed by atoms with E-state index in [-0.39, 0.29) is 6.61 Å². The first-order valence-corrected chi connectivity index (χ1v) is 8.68. The summed E-state index contributed by atoms with van der Waals surface area (Å²) in [6.07, 6.45) is 3.15. The average Bonchev–Trinajstić information content (AvgIpc) is 3.11. The molecule has 0 saturated carbocycles. The number of benzene rings is 2. The van der Waals surface area contributed by atoms with Crippen LogP contribution in [0.5, 0.6) is 0 Å². The Morgan fingerprint density at radius 2 is 1.92 bits per heavy atom. The quantitative estimate of drug-likeness (QED) is 0.575. The summed E-state index contributed by atoms with van der Waals surface area (Å²) in [5, 5.41) is 3.81. The summed E-state index contributed by atoms with van der Waals surface area (Å²) in [5.41, 5.74) is 4.46. The molecule has 1 aliphatic rings. The largest absolute Gasteiger partial charge is 0.457 e. The van der Waals surface area contributed by atoms with Crippen LogP contribution in [0.2, 0.25) is 0 Å². The highest BCUT2D eigenvalue weighted by atomic mass is 16.5. The van der Waals surface area contributed by atoms with Crippen LogP contribution >= 0.6 is 0 Å². The van der Waals surface area contributed by atoms with Gasteiger partial charge < -0.3 is 14.5 Å². The Bertz CT molecular complexity index is 1050. The molecule has 1 N–H and O–H groups in total. The number of anilines is 1. The zero-order valence-corrected chi connectivity index (χ0v) is 14.5. The zero-order valence-electron chi connectivity index (χ0n) is 14.5. The van der Waals surface area contributed by atoms with Crippen molar-refractivity contribution in [1.29, 1.82) is 0 Å². The minimum absolute atomic E-state index is 0.0256. The van der Waals surface area contributed by atoms with Crippen molar-refractivity contribution in [3.8, 4) is 0 Å². The van der Waals surface area contributed by atoms with E-state index in [0.29, 0.717) is 22.4 Å². The molecule has 0 spiro atoms. The van der Waals surface area contributed by atoms with Gasteiger partial charge in [0, 0.05) is 29.8 Å². The molecule has 0 fully saturated rings. The highest BCUT2D eigenvalue weighted by molar-refractivity contribution is 5.95. The van der Waals surface area contributed by atoms with Gasteiger partial charge >= 0.3 is 11.6 Å². The molecule has 4 rings (SSSR count). The third-order valence-corrected chi connectivity index (χ3v) is 4.82. The minimum Gasteiger partial charge on any atom is -0.457 e. The Labute approximate surface area is 150 Å². The minimum atomic E-state index is -0.433. The van der Waals surface area contributed by atoms with Crippen LogP contribution in [0.1, 0.15) is 33.5 Å². The topological polar surface area (TPSA) is 68.5 Å². The van der Waals surface area contributed by atoms with Gasteiger partial charge in [0.05, 0.1) is 5.56 Å². The smallest absolute Gasteiger partial charge is 0.340 e. The SMILES string of the molecule is CNc1ccccc1C(=O)OCc1cc(=O)oc2cc3c(cc12)CCC3. The van der Waals surface area contributed by atoms with Gasteiger partial charge in [-0.2, -0.15) is 0 Å². The van der Waals surface area contributed by atoms with E-state index in [1.54, 1.807) is 19.2 Å². The van der Waals surface area contributed by atoms with E-state index in [0.717, 1.165) is 24.6 Å². The highest BCUT2D eigenvalue weighted by Crippen LogP contribution is 2.29. The molecular formula is C21H19NO4. The number of ether oxygens (including phenoxy) is 1. The van der Waals surface area contributed by atoms with Crippen molar-refractivity contribution < 1.29 is 13.9 Å². The fourth-order valence-corrected chi connectivity index (χ4v) is 3.51. The molecule has 0 unspecified atom stereocenters. The molecule has 1 aromatic heterocycles. The summed E-state index contributed by atoms with van der Waals surface area (Å²) < 4.78 is 10.8. The van der Waals surface area contributed by atoms with E-state index in [2.05, 4.69) is 11.4 Å². The van der Waals surface area contributed by atoms with E-state index in [4.69, 9.17) is 9.15 Å². The summed E-state index contributed by atoms with van der Waals surface area (Å²) >= 11 is 0. The van der Waals surface area contributed by atoms with Gasteiger partial charge in [-0.15, -0.1) is 0 Å². The number of hydrogen-bond acceptors (Lipinski definition) is 5. The molecule has 5 heteroatoms. The van der Waals surface area contributed by atoms with E-state index in [1.165, 1.54) is 17.2 Å². The lowest BCUT2D eigenvalue weighted by Gasteiger charge is -2.11. The Morgan fingerprint density at radius 1 is 1.15 bits per heavy atom. The highest BCUT2D eigenvalue weighted by Gasteiger charge is 2.17. The molecule has 1 aliphatic carbocycles. The average molecular weight is 349 g/mol. The molecule has 0 saturated heterocycles. The summed E-state index contributed by atoms with van der Waals surface area (Å²) in [6, 6.07) is 12.6. The fourth-order valence-electron chi connectivity index (χ4n) is 3.51. The Hall–Kier alpha value is -3.08. The molecule has 132 valence electrons. The van der Waals surface area contributed by atoms with Crippen LogP contribution in [0, 0.1) is 0 Å². The van der Waals surface area contributed by atoms with Crippen LogP contribution in [0.15, 0.2) is 51.7 Å². The zero-order chi connectivity index (χ0) is 18.1. The number of hydrogen-bond donors (Lipinski definition) is 1. The number of carbonyl (C=O) groups excluding carboxylic acids is 1. The first kappa shape index (κ1) is 16.4. The van der Waals surface area contributed by atoms with Crippen molar-refractivity contribution in [2.45, 2.75) is 25.9 Å². The lowest BCUT2D eigenvalue weighted by Crippen LogP contribution is -2.10. The van der Waals surface area contributed by atoms with E-state index in [1.807, 2.05) is 18.2 Å². The molecule has 2 aromatic carbocycles. The second kappa shape index (κ2) is 6.67. The maximum atomic E-state index is 12.4. The van der Waals surface area contributed by atoms with Crippen molar-refractivity contribution in [3.63, 3.8) is 0 Å². The van der Waals surface area contributed by atoms with Crippen molar-refractivity contribution >= 4 is 22.6 Å². The molecular weight excluding hydrogens is 330 g/mol. The second-order valence-electron chi connectivity index (χ2n) is 6.43. The summed E-state index contributed by atoms with van der Waals surface area (Å²) in [7, 11) is 1.75. The summed E-state index contributed by atoms with van der Waals surface area (Å²) in [6.45, 7) is 0.0256. The molecule has 5 nitrogen and oxygen atoms in total. The van der Waals surface area contributed by atoms with Crippen LogP contribution in [0.25, 0.3) is 11.0 Å². The third-order valence-electron chi connectivity index (χ3n) is 4.82. The van der Waals surface area contributed by atoms with E-state index < -0.39 is 11.6 Å². The van der Waals surface area contributed by atoms with Gasteiger partial charge in [-0.25, -0.2) is 9.59 Å². The second-order valence-corrected chi connectivity index (χ2v) is 6.43. The molecule has 0 aliphatic heterocycles. The standard InChI is InChI=1S/C21H19NO4/c1-22-18-8-3-2-7-16(18)21(24)25-12-15-11-20(23)26-19-10-14-6-4-5-13(14)9-17(15)19/h2-3,7-11,22H,4-6,12H2,1H3. The van der Waals surface area contributed by atoms with Crippen LogP contribution in [-0.4, -0.2) is 13.0 Å². The Balaban J connectivity index is 1.65. The van der Waals surface area contributed by atoms with Crippen LogP contribution in [0.4, 0.5) is 5.69 Å². The first-order chi connectivity index (χ1) is 12.7. The number of fused-ring (bicyclic) bond motifs is 2. The van der Waals surface area contributed by atoms with Gasteiger partial charge in [-0.05, 0) is 54.7 Å². The van der Waals surface area contributed by atoms with Crippen LogP contribution in [-0.2, 0) is 24.2 Å². The van der Waals surface area contributed by atoms with Crippen molar-refractivity contribution in [2.75, 3.05) is 12.4 Å². The fraction of sp³-hybridized carbons (Fsp3) is 0.238. The predicted molar refractivity (Wildman–Crippen MR) is 99.6 cm³/mol. The van der Waals surface area contributed by atoms with Crippen molar-refractivity contribution in [2.24, 2.45) is 0 Å². The molecule has 0 bridgehead atoms. The van der Waals surface area contributed by atoms with Gasteiger partial charge in [-0.3, -0.25) is 0 Å². The molecule has 3 aromatic rings. The molecule has 0 amide bonds. The Morgan fingerprint density at radius 3 is 2.73 bits per heavy atom. The van der Waals surface area contributed by atoms with Crippen molar-refractivity contribution in [3.05, 3.63) is 75.1 Å². The van der Waals surface area contributed by atoms with Gasteiger partial charge in [0.2, 0.25) is 0 Å². The lowest BCUT2D eigenvalue weighted by molar-refractivity contribution is 0.0475. The van der Waals surface area contributed by atoms with Crippen molar-refractivity contribution in [1.82, 2.24) is 0 Å². The summed E-state index contributed by atoms with van der Waals surface area (Å²) in [4.78, 5) is 24.3. The number of carbonyl (C=O) groups is 1. The molecule has 0 radical (unpaired) electrons. The predicted octanol–water partition coefficient (Wildman–Crippen LogP) is 3.68. The monoisotopic (exact) mass is 349 g/mol. The number of esters is 1. The lowest BCUT2D eigenvalue weighted by atomic mass is 10.0. The van der Waals surface area contributed by atoms with E-state index in [9.17, 15) is 9.59 Å². The van der Waals surface area contributed by atoms with Gasteiger partial charge in [0.15, 0.2) is 0 Å². The third kappa shape index (κ3) is 2.96. The molecule has 1 heterocycles. The number of rotatable bonds is 4. The van der Waals surface area contributed by atoms with Crippen LogP contribution in [0.3, 0.4) is 0 Å². The summed E-state index contributed by atoms with van der Waals surface area (Å²) in [5.74, 6) is -0.433. The molecule has 26 heavy (non-hydrogen) atoms. The van der Waals surface area contributed by atoms with Gasteiger partial charge in [0.1, 0.15) is 12.2 Å². The van der Waals surface area contributed by atoms with Crippen LogP contribution < -0.4 is 10.9 Å². The van der Waals surface area contributed by atoms with E-state index >= 15 is 0 Å². The maximum absolute atomic E-state index is 12.4. The van der Waals surface area contributed by atoms with Gasteiger partial charge in [-0.1, -0.05) is 12.1 Å². The number of para-hydroxylation sites is 1. The number of nitrogens with one attached hydrogen (secondary N) is 1. The maximum Gasteiger partial charge on any atom is 0.340 e. The normalized spacial score (nSPS) is 12.8. The first-order valence-electron chi connectivity index (χ1n) is 8.68. The Kier molecular flexibility index (Phi) is 4.21. The van der Waals surface area contributed by atoms with Gasteiger partial charge in [0.25, 0.3) is 0 Å².